The number of nitrogens with one attached hydrogen (secondary N) is 1. The Balaban J connectivity index is 2.26. The number of hydrogen-bond donors (Lipinski definition) is 1. The molecule has 0 amide bonds. The molecule has 4 aromatic rings. The van der Waals surface area contributed by atoms with E-state index in [4.69, 9.17) is 0 Å². The van der Waals surface area contributed by atoms with Crippen LogP contribution in [0.15, 0.2) is 53.3 Å². The molecule has 4 rings (SSSR count). The number of aryl methyl sites for hydroxylation is 2. The Morgan fingerprint density at radius 1 is 1.00 bits per heavy atom. The minimum atomic E-state index is -0.0916. The highest BCUT2D eigenvalue weighted by Gasteiger charge is 2.16. The number of pyridine rings is 1. The molecule has 0 aliphatic heterocycles. The van der Waals surface area contributed by atoms with Crippen LogP contribution < -0.4 is 5.56 Å². The van der Waals surface area contributed by atoms with Crippen LogP contribution in [0.1, 0.15) is 11.3 Å². The van der Waals surface area contributed by atoms with Crippen LogP contribution in [0.25, 0.3) is 27.5 Å². The van der Waals surface area contributed by atoms with Crippen molar-refractivity contribution in [3.63, 3.8) is 0 Å². The summed E-state index contributed by atoms with van der Waals surface area (Å²) in [5, 5.41) is 6.28. The SMILES string of the molecule is Cc1ccccc1-n1nc(C)c2c(=O)[nH]c3ccccc3c21. The van der Waals surface area contributed by atoms with Gasteiger partial charge in [0.15, 0.2) is 0 Å². The van der Waals surface area contributed by atoms with Crippen molar-refractivity contribution in [1.82, 2.24) is 14.8 Å². The molecule has 2 heterocycles. The first kappa shape index (κ1) is 12.8. The molecule has 0 spiro atoms. The van der Waals surface area contributed by atoms with Crippen LogP contribution in [0.3, 0.4) is 0 Å². The van der Waals surface area contributed by atoms with Gasteiger partial charge in [-0.25, -0.2) is 4.68 Å². The van der Waals surface area contributed by atoms with Gasteiger partial charge < -0.3 is 4.98 Å². The zero-order chi connectivity index (χ0) is 15.3. The lowest BCUT2D eigenvalue weighted by molar-refractivity contribution is 0.884. The van der Waals surface area contributed by atoms with Crippen molar-refractivity contribution in [2.24, 2.45) is 0 Å². The third-order valence-electron chi connectivity index (χ3n) is 4.06. The molecule has 0 saturated heterocycles. The topological polar surface area (TPSA) is 50.7 Å². The van der Waals surface area contributed by atoms with Gasteiger partial charge in [-0.1, -0.05) is 36.4 Å². The largest absolute Gasteiger partial charge is 0.321 e. The van der Waals surface area contributed by atoms with Gasteiger partial charge in [-0.3, -0.25) is 4.79 Å². The molecule has 1 N–H and O–H groups in total. The van der Waals surface area contributed by atoms with E-state index in [0.29, 0.717) is 5.39 Å². The van der Waals surface area contributed by atoms with E-state index >= 15 is 0 Å². The monoisotopic (exact) mass is 289 g/mol. The van der Waals surface area contributed by atoms with E-state index < -0.39 is 0 Å². The van der Waals surface area contributed by atoms with Gasteiger partial charge in [-0.05, 0) is 31.5 Å². The average molecular weight is 289 g/mol. The highest BCUT2D eigenvalue weighted by molar-refractivity contribution is 6.04. The van der Waals surface area contributed by atoms with Crippen LogP contribution >= 0.6 is 0 Å². The van der Waals surface area contributed by atoms with E-state index in [1.807, 2.05) is 67.1 Å². The number of benzene rings is 2. The normalized spacial score (nSPS) is 11.4. The Morgan fingerprint density at radius 3 is 2.55 bits per heavy atom. The van der Waals surface area contributed by atoms with Crippen LogP contribution in [-0.4, -0.2) is 14.8 Å². The van der Waals surface area contributed by atoms with Crippen LogP contribution in [0.2, 0.25) is 0 Å². The summed E-state index contributed by atoms with van der Waals surface area (Å²) in [7, 11) is 0. The van der Waals surface area contributed by atoms with Crippen molar-refractivity contribution >= 4 is 21.8 Å². The maximum Gasteiger partial charge on any atom is 0.259 e. The first-order valence-electron chi connectivity index (χ1n) is 7.23. The maximum absolute atomic E-state index is 12.4. The van der Waals surface area contributed by atoms with Gasteiger partial charge in [0.05, 0.1) is 27.8 Å². The van der Waals surface area contributed by atoms with E-state index in [-0.39, 0.29) is 5.56 Å². The lowest BCUT2D eigenvalue weighted by Crippen LogP contribution is -2.07. The summed E-state index contributed by atoms with van der Waals surface area (Å²) in [5.74, 6) is 0. The molecule has 0 radical (unpaired) electrons. The molecule has 22 heavy (non-hydrogen) atoms. The molecule has 0 bridgehead atoms. The van der Waals surface area contributed by atoms with Gasteiger partial charge in [0.25, 0.3) is 5.56 Å². The number of nitrogens with zero attached hydrogens (tertiary/aromatic N) is 2. The van der Waals surface area contributed by atoms with Gasteiger partial charge in [-0.2, -0.15) is 5.10 Å². The molecule has 2 aromatic carbocycles. The zero-order valence-corrected chi connectivity index (χ0v) is 12.4. The highest BCUT2D eigenvalue weighted by Crippen LogP contribution is 2.26. The molecule has 0 aliphatic rings. The Kier molecular flexibility index (Phi) is 2.66. The second-order valence-corrected chi connectivity index (χ2v) is 5.51. The molecule has 0 atom stereocenters. The van der Waals surface area contributed by atoms with Gasteiger partial charge in [0.1, 0.15) is 0 Å². The van der Waals surface area contributed by atoms with Crippen molar-refractivity contribution in [1.29, 1.82) is 0 Å². The van der Waals surface area contributed by atoms with Crippen LogP contribution in [0.5, 0.6) is 0 Å². The number of aromatic amines is 1. The summed E-state index contributed by atoms with van der Waals surface area (Å²) in [6, 6.07) is 15.9. The molecule has 0 unspecified atom stereocenters. The standard InChI is InChI=1S/C18H15N3O/c1-11-7-3-6-10-15(11)21-17-13-8-4-5-9-14(13)19-18(22)16(17)12(2)20-21/h3-10H,1-2H3,(H,19,22). The van der Waals surface area contributed by atoms with Gasteiger partial charge in [0, 0.05) is 5.39 Å². The third-order valence-corrected chi connectivity index (χ3v) is 4.06. The molecule has 108 valence electrons. The quantitative estimate of drug-likeness (QED) is 0.583. The Bertz CT molecular complexity index is 1070. The molecule has 4 nitrogen and oxygen atoms in total. The fraction of sp³-hybridized carbons (Fsp3) is 0.111. The summed E-state index contributed by atoms with van der Waals surface area (Å²) in [6.07, 6.45) is 0. The third kappa shape index (κ3) is 1.70. The molecule has 4 heteroatoms. The predicted octanol–water partition coefficient (Wildman–Crippen LogP) is 3.48. The van der Waals surface area contributed by atoms with E-state index in [1.165, 1.54) is 0 Å². The Morgan fingerprint density at radius 2 is 1.73 bits per heavy atom. The predicted molar refractivity (Wildman–Crippen MR) is 88.7 cm³/mol. The summed E-state index contributed by atoms with van der Waals surface area (Å²) in [5.41, 5.74) is 4.46. The molecule has 2 aromatic heterocycles. The Hall–Kier alpha value is -2.88. The summed E-state index contributed by atoms with van der Waals surface area (Å²) in [4.78, 5) is 15.4. The number of para-hydroxylation sites is 2. The molecule has 0 saturated carbocycles. The van der Waals surface area contributed by atoms with Crippen LogP contribution in [0, 0.1) is 13.8 Å². The number of hydrogen-bond acceptors (Lipinski definition) is 2. The van der Waals surface area contributed by atoms with Crippen molar-refractivity contribution in [2.75, 3.05) is 0 Å². The average Bonchev–Trinajstić information content (AvgIpc) is 2.86. The summed E-state index contributed by atoms with van der Waals surface area (Å²) < 4.78 is 1.89. The number of fused-ring (bicyclic) bond motifs is 3. The highest BCUT2D eigenvalue weighted by atomic mass is 16.1. The van der Waals surface area contributed by atoms with E-state index in [0.717, 1.165) is 33.4 Å². The second-order valence-electron chi connectivity index (χ2n) is 5.51. The molecule has 0 fully saturated rings. The summed E-state index contributed by atoms with van der Waals surface area (Å²) in [6.45, 7) is 3.93. The lowest BCUT2D eigenvalue weighted by atomic mass is 10.1. The maximum atomic E-state index is 12.4. The molecule has 0 aliphatic carbocycles. The number of aromatic nitrogens is 3. The smallest absolute Gasteiger partial charge is 0.259 e. The van der Waals surface area contributed by atoms with Gasteiger partial charge in [0.2, 0.25) is 0 Å². The summed E-state index contributed by atoms with van der Waals surface area (Å²) >= 11 is 0. The fourth-order valence-electron chi connectivity index (χ4n) is 3.01. The number of H-pyrrole nitrogens is 1. The zero-order valence-electron chi connectivity index (χ0n) is 12.4. The van der Waals surface area contributed by atoms with Crippen molar-refractivity contribution in [3.8, 4) is 5.69 Å². The minimum Gasteiger partial charge on any atom is -0.321 e. The van der Waals surface area contributed by atoms with Crippen molar-refractivity contribution < 1.29 is 0 Å². The van der Waals surface area contributed by atoms with Crippen molar-refractivity contribution in [3.05, 3.63) is 70.1 Å². The van der Waals surface area contributed by atoms with Crippen LogP contribution in [-0.2, 0) is 0 Å². The molecular weight excluding hydrogens is 274 g/mol. The lowest BCUT2D eigenvalue weighted by Gasteiger charge is -2.08. The second kappa shape index (κ2) is 4.56. The van der Waals surface area contributed by atoms with E-state index in [2.05, 4.69) is 10.1 Å². The van der Waals surface area contributed by atoms with Gasteiger partial charge >= 0.3 is 0 Å². The Labute approximate surface area is 127 Å². The first-order chi connectivity index (χ1) is 10.7. The van der Waals surface area contributed by atoms with Crippen molar-refractivity contribution in [2.45, 2.75) is 13.8 Å². The van der Waals surface area contributed by atoms with Crippen LogP contribution in [0.4, 0.5) is 0 Å². The minimum absolute atomic E-state index is 0.0916. The van der Waals surface area contributed by atoms with Gasteiger partial charge in [-0.15, -0.1) is 0 Å². The molecular formula is C18H15N3O. The van der Waals surface area contributed by atoms with E-state index in [1.54, 1.807) is 0 Å². The number of rotatable bonds is 1. The first-order valence-corrected chi connectivity index (χ1v) is 7.23. The van der Waals surface area contributed by atoms with E-state index in [9.17, 15) is 4.79 Å². The fourth-order valence-corrected chi connectivity index (χ4v) is 3.01.